The minimum atomic E-state index is 0.386. The van der Waals surface area contributed by atoms with Crippen LogP contribution in [0, 0.1) is 0 Å². The highest BCUT2D eigenvalue weighted by atomic mass is 35.5. The number of methoxy groups -OCH3 is 1. The molecule has 3 rings (SSSR count). The number of benzene rings is 2. The predicted octanol–water partition coefficient (Wildman–Crippen LogP) is 4.44. The van der Waals surface area contributed by atoms with Crippen LogP contribution in [-0.4, -0.2) is 7.11 Å². The summed E-state index contributed by atoms with van der Waals surface area (Å²) in [4.78, 5) is 0. The van der Waals surface area contributed by atoms with E-state index >= 15 is 0 Å². The molecule has 0 unspecified atom stereocenters. The van der Waals surface area contributed by atoms with Gasteiger partial charge in [0, 0.05) is 5.56 Å². The third-order valence-corrected chi connectivity index (χ3v) is 4.65. The van der Waals surface area contributed by atoms with Crippen LogP contribution >= 0.6 is 23.2 Å². The lowest BCUT2D eigenvalue weighted by atomic mass is 10.2. The van der Waals surface area contributed by atoms with E-state index in [-0.39, 0.29) is 0 Å². The third kappa shape index (κ3) is 4.94. The van der Waals surface area contributed by atoms with Gasteiger partial charge in [0.25, 0.3) is 0 Å². The Morgan fingerprint density at radius 3 is 2.50 bits per heavy atom. The highest BCUT2D eigenvalue weighted by Gasteiger charge is 2.08. The molecule has 0 saturated carbocycles. The highest BCUT2D eigenvalue weighted by Crippen LogP contribution is 2.29. The maximum Gasteiger partial charge on any atom is 0.161 e. The molecule has 0 spiro atoms. The van der Waals surface area contributed by atoms with Crippen molar-refractivity contribution in [3.05, 3.63) is 81.7 Å². The molecule has 0 aliphatic heterocycles. The van der Waals surface area contributed by atoms with Crippen molar-refractivity contribution in [3.8, 4) is 11.5 Å². The molecule has 0 fully saturated rings. The van der Waals surface area contributed by atoms with E-state index < -0.39 is 0 Å². The number of hydrogen-bond acceptors (Lipinski definition) is 3. The zero-order chi connectivity index (χ0) is 18.4. The molecule has 26 heavy (non-hydrogen) atoms. The van der Waals surface area contributed by atoms with Crippen molar-refractivity contribution in [1.29, 1.82) is 0 Å². The van der Waals surface area contributed by atoms with E-state index in [9.17, 15) is 0 Å². The van der Waals surface area contributed by atoms with E-state index in [4.69, 9.17) is 37.1 Å². The molecule has 0 aliphatic rings. The monoisotopic (exact) mass is 392 g/mol. The van der Waals surface area contributed by atoms with Gasteiger partial charge in [0.2, 0.25) is 0 Å². The molecule has 0 amide bonds. The van der Waals surface area contributed by atoms with Gasteiger partial charge in [-0.3, -0.25) is 0 Å². The molecule has 0 bridgehead atoms. The van der Waals surface area contributed by atoms with E-state index in [1.54, 1.807) is 25.5 Å². The van der Waals surface area contributed by atoms with Gasteiger partial charge < -0.3 is 19.2 Å². The van der Waals surface area contributed by atoms with E-state index in [2.05, 4.69) is 5.32 Å². The number of nitrogens with two attached hydrogens (primary N) is 1. The topological polar surface area (TPSA) is 48.2 Å². The van der Waals surface area contributed by atoms with Crippen LogP contribution in [0.15, 0.2) is 59.2 Å². The fourth-order valence-electron chi connectivity index (χ4n) is 2.56. The summed E-state index contributed by atoms with van der Waals surface area (Å²) in [5.41, 5.74) is 2.09. The summed E-state index contributed by atoms with van der Waals surface area (Å²) < 4.78 is 16.7. The van der Waals surface area contributed by atoms with Gasteiger partial charge in [-0.2, -0.15) is 0 Å². The molecule has 6 heteroatoms. The fraction of sp³-hybridized carbons (Fsp3) is 0.200. The normalized spacial score (nSPS) is 10.7. The third-order valence-electron chi connectivity index (χ3n) is 3.91. The van der Waals surface area contributed by atoms with E-state index in [1.807, 2.05) is 36.4 Å². The summed E-state index contributed by atoms with van der Waals surface area (Å²) in [6.45, 7) is 2.01. The minimum absolute atomic E-state index is 0.386. The molecule has 0 atom stereocenters. The summed E-state index contributed by atoms with van der Waals surface area (Å²) in [5.74, 6) is 2.35. The van der Waals surface area contributed by atoms with Crippen molar-refractivity contribution in [2.45, 2.75) is 19.7 Å². The van der Waals surface area contributed by atoms with Crippen LogP contribution in [0.25, 0.3) is 0 Å². The van der Waals surface area contributed by atoms with E-state index in [0.29, 0.717) is 28.2 Å². The van der Waals surface area contributed by atoms with Crippen LogP contribution in [0.4, 0.5) is 0 Å². The lowest BCUT2D eigenvalue weighted by Gasteiger charge is -2.12. The van der Waals surface area contributed by atoms with Crippen LogP contribution in [0.2, 0.25) is 10.0 Å². The first kappa shape index (κ1) is 18.6. The first-order valence-corrected chi connectivity index (χ1v) is 8.99. The summed E-state index contributed by atoms with van der Waals surface area (Å²) in [5, 5.41) is 3.22. The fourth-order valence-corrected chi connectivity index (χ4v) is 2.88. The molecule has 136 valence electrons. The number of rotatable bonds is 8. The Kier molecular flexibility index (Phi) is 6.45. The summed E-state index contributed by atoms with van der Waals surface area (Å²) in [6, 6.07) is 15.3. The lowest BCUT2D eigenvalue weighted by molar-refractivity contribution is -0.688. The van der Waals surface area contributed by atoms with Crippen molar-refractivity contribution in [2.24, 2.45) is 0 Å². The second kappa shape index (κ2) is 8.99. The zero-order valence-corrected chi connectivity index (χ0v) is 15.9. The largest absolute Gasteiger partial charge is 0.493 e. The van der Waals surface area contributed by atoms with Gasteiger partial charge >= 0.3 is 0 Å². The van der Waals surface area contributed by atoms with Crippen molar-refractivity contribution in [1.82, 2.24) is 0 Å². The predicted molar refractivity (Wildman–Crippen MR) is 102 cm³/mol. The van der Waals surface area contributed by atoms with Gasteiger partial charge in [0.15, 0.2) is 17.3 Å². The summed E-state index contributed by atoms with van der Waals surface area (Å²) in [6.07, 6.45) is 1.69. The Morgan fingerprint density at radius 2 is 1.77 bits per heavy atom. The maximum atomic E-state index is 6.04. The number of ether oxygens (including phenoxy) is 2. The van der Waals surface area contributed by atoms with Crippen molar-refractivity contribution < 1.29 is 19.2 Å². The van der Waals surface area contributed by atoms with Gasteiger partial charge in [-0.15, -0.1) is 0 Å². The number of hydrogen-bond donors (Lipinski definition) is 1. The summed E-state index contributed by atoms with van der Waals surface area (Å²) in [7, 11) is 1.64. The quantitative estimate of drug-likeness (QED) is 0.616. The SMILES string of the molecule is COc1cc(C[NH2+]Cc2ccco2)ccc1OCc1ccc(Cl)c(Cl)c1. The van der Waals surface area contributed by atoms with Crippen LogP contribution in [0.1, 0.15) is 16.9 Å². The molecule has 0 radical (unpaired) electrons. The van der Waals surface area contributed by atoms with E-state index in [1.165, 1.54) is 0 Å². The van der Waals surface area contributed by atoms with Crippen molar-refractivity contribution in [2.75, 3.05) is 7.11 Å². The second-order valence-corrected chi connectivity index (χ2v) is 6.61. The van der Waals surface area contributed by atoms with Crippen molar-refractivity contribution >= 4 is 23.2 Å². The Labute approximate surface area is 162 Å². The average Bonchev–Trinajstić information content (AvgIpc) is 3.16. The molecule has 2 aromatic carbocycles. The van der Waals surface area contributed by atoms with Crippen LogP contribution in [0.5, 0.6) is 11.5 Å². The molecular formula is C20H20Cl2NO3+. The summed E-state index contributed by atoms with van der Waals surface area (Å²) >= 11 is 12.0. The van der Waals surface area contributed by atoms with Crippen LogP contribution in [-0.2, 0) is 19.7 Å². The number of quaternary nitrogens is 1. The Balaban J connectivity index is 1.59. The molecule has 4 nitrogen and oxygen atoms in total. The molecule has 2 N–H and O–H groups in total. The van der Waals surface area contributed by atoms with Gasteiger partial charge in [-0.25, -0.2) is 0 Å². The maximum absolute atomic E-state index is 6.04. The second-order valence-electron chi connectivity index (χ2n) is 5.80. The highest BCUT2D eigenvalue weighted by molar-refractivity contribution is 6.42. The Morgan fingerprint density at radius 1 is 0.923 bits per heavy atom. The minimum Gasteiger partial charge on any atom is -0.493 e. The van der Waals surface area contributed by atoms with Gasteiger partial charge in [-0.05, 0) is 48.0 Å². The van der Waals surface area contributed by atoms with Gasteiger partial charge in [-0.1, -0.05) is 29.3 Å². The Hall–Kier alpha value is -2.14. The Bertz CT molecular complexity index is 850. The molecular weight excluding hydrogens is 373 g/mol. The van der Waals surface area contributed by atoms with E-state index in [0.717, 1.165) is 30.0 Å². The zero-order valence-electron chi connectivity index (χ0n) is 14.4. The standard InChI is InChI=1S/C20H19Cl2NO3/c1-24-20-10-14(11-23-12-16-3-2-8-25-16)5-7-19(20)26-13-15-4-6-17(21)18(22)9-15/h2-10,23H,11-13H2,1H3/p+1. The van der Waals surface area contributed by atoms with Crippen LogP contribution in [0.3, 0.4) is 0 Å². The first-order chi connectivity index (χ1) is 12.7. The smallest absolute Gasteiger partial charge is 0.161 e. The molecule has 0 saturated heterocycles. The average molecular weight is 393 g/mol. The van der Waals surface area contributed by atoms with Crippen LogP contribution < -0.4 is 14.8 Å². The number of halogens is 2. The first-order valence-electron chi connectivity index (χ1n) is 8.23. The molecule has 1 aromatic heterocycles. The van der Waals surface area contributed by atoms with Gasteiger partial charge in [0.05, 0.1) is 23.4 Å². The van der Waals surface area contributed by atoms with Crippen molar-refractivity contribution in [3.63, 3.8) is 0 Å². The van der Waals surface area contributed by atoms with Gasteiger partial charge in [0.1, 0.15) is 19.7 Å². The molecule has 0 aliphatic carbocycles. The molecule has 3 aromatic rings. The molecule has 1 heterocycles. The lowest BCUT2D eigenvalue weighted by Crippen LogP contribution is -2.80. The number of furan rings is 1.